The average Bonchev–Trinajstić information content (AvgIpc) is 2.48. The van der Waals surface area contributed by atoms with Crippen molar-refractivity contribution in [3.8, 4) is 11.5 Å². The number of nitrogens with zero attached hydrogens (tertiary/aromatic N) is 1. The van der Waals surface area contributed by atoms with E-state index in [0.717, 1.165) is 24.9 Å². The number of amides is 1. The lowest BCUT2D eigenvalue weighted by Crippen LogP contribution is -2.46. The molecule has 1 aromatic carbocycles. The number of ether oxygens (including phenoxy) is 2. The minimum Gasteiger partial charge on any atom is -0.493 e. The van der Waals surface area contributed by atoms with E-state index >= 15 is 0 Å². The van der Waals surface area contributed by atoms with Crippen LogP contribution >= 0.6 is 0 Å². The molecule has 1 aliphatic rings. The summed E-state index contributed by atoms with van der Waals surface area (Å²) in [6, 6.07) is 5.86. The summed E-state index contributed by atoms with van der Waals surface area (Å²) < 4.78 is 10.9. The Hall–Kier alpha value is -1.75. The quantitative estimate of drug-likeness (QED) is 0.897. The Bertz CT molecular complexity index is 490. The molecule has 5 nitrogen and oxygen atoms in total. The second kappa shape index (κ2) is 7.31. The zero-order valence-corrected chi connectivity index (χ0v) is 12.8. The molecule has 1 saturated heterocycles. The van der Waals surface area contributed by atoms with E-state index in [-0.39, 0.29) is 11.9 Å². The first-order valence-electron chi connectivity index (χ1n) is 7.41. The van der Waals surface area contributed by atoms with Crippen molar-refractivity contribution in [2.75, 3.05) is 26.8 Å². The first-order chi connectivity index (χ1) is 10.1. The highest BCUT2D eigenvalue weighted by atomic mass is 16.5. The van der Waals surface area contributed by atoms with Crippen LogP contribution < -0.4 is 15.2 Å². The zero-order valence-electron chi connectivity index (χ0n) is 12.8. The summed E-state index contributed by atoms with van der Waals surface area (Å²) in [6.45, 7) is 3.81. The van der Waals surface area contributed by atoms with E-state index < -0.39 is 0 Å². The second-order valence-corrected chi connectivity index (χ2v) is 5.49. The van der Waals surface area contributed by atoms with Crippen molar-refractivity contribution in [3.63, 3.8) is 0 Å². The van der Waals surface area contributed by atoms with Gasteiger partial charge in [0.05, 0.1) is 20.1 Å². The highest BCUT2D eigenvalue weighted by Crippen LogP contribution is 2.27. The van der Waals surface area contributed by atoms with Crippen LogP contribution in [0.15, 0.2) is 18.2 Å². The van der Waals surface area contributed by atoms with Gasteiger partial charge in [-0.15, -0.1) is 0 Å². The van der Waals surface area contributed by atoms with Crippen LogP contribution in [0.1, 0.15) is 24.8 Å². The fourth-order valence-corrected chi connectivity index (χ4v) is 2.54. The number of hydrogen-bond acceptors (Lipinski definition) is 4. The molecule has 1 heterocycles. The van der Waals surface area contributed by atoms with Gasteiger partial charge in [0.25, 0.3) is 0 Å². The maximum atomic E-state index is 12.1. The van der Waals surface area contributed by atoms with Gasteiger partial charge in [-0.05, 0) is 37.5 Å². The lowest BCUT2D eigenvalue weighted by atomic mass is 10.1. The fourth-order valence-electron chi connectivity index (χ4n) is 2.54. The van der Waals surface area contributed by atoms with Gasteiger partial charge in [-0.1, -0.05) is 6.07 Å². The number of aryl methyl sites for hydroxylation is 1. The number of nitrogens with two attached hydrogens (primary N) is 1. The van der Waals surface area contributed by atoms with Crippen molar-refractivity contribution >= 4 is 5.91 Å². The van der Waals surface area contributed by atoms with Crippen molar-refractivity contribution in [1.29, 1.82) is 0 Å². The van der Waals surface area contributed by atoms with Gasteiger partial charge in [-0.3, -0.25) is 4.79 Å². The maximum absolute atomic E-state index is 12.1. The fraction of sp³-hybridized carbons (Fsp3) is 0.562. The van der Waals surface area contributed by atoms with Gasteiger partial charge in [0.2, 0.25) is 5.91 Å². The van der Waals surface area contributed by atoms with Crippen molar-refractivity contribution in [1.82, 2.24) is 4.90 Å². The summed E-state index contributed by atoms with van der Waals surface area (Å²) in [5, 5.41) is 0. The summed E-state index contributed by atoms with van der Waals surface area (Å²) in [5.74, 6) is 1.48. The topological polar surface area (TPSA) is 64.8 Å². The van der Waals surface area contributed by atoms with E-state index in [9.17, 15) is 4.79 Å². The summed E-state index contributed by atoms with van der Waals surface area (Å²) in [7, 11) is 1.61. The molecular weight excluding hydrogens is 268 g/mol. The Morgan fingerprint density at radius 2 is 2.24 bits per heavy atom. The molecule has 0 radical (unpaired) electrons. The number of carbonyl (C=O) groups is 1. The predicted octanol–water partition coefficient (Wildman–Crippen LogP) is 1.72. The van der Waals surface area contributed by atoms with E-state index in [0.29, 0.717) is 31.1 Å². The number of carbonyl (C=O) groups excluding carboxylic acids is 1. The molecule has 1 aliphatic heterocycles. The minimum absolute atomic E-state index is 0.108. The Labute approximate surface area is 126 Å². The van der Waals surface area contributed by atoms with Crippen molar-refractivity contribution in [2.24, 2.45) is 5.73 Å². The lowest BCUT2D eigenvalue weighted by molar-refractivity contribution is -0.132. The Morgan fingerprint density at radius 1 is 1.43 bits per heavy atom. The normalized spacial score (nSPS) is 18.4. The van der Waals surface area contributed by atoms with Crippen LogP contribution in [0, 0.1) is 6.92 Å². The molecule has 0 aromatic heterocycles. The molecule has 1 atom stereocenters. The summed E-state index contributed by atoms with van der Waals surface area (Å²) in [6.07, 6.45) is 2.35. The van der Waals surface area contributed by atoms with Gasteiger partial charge in [-0.25, -0.2) is 0 Å². The molecule has 0 saturated carbocycles. The van der Waals surface area contributed by atoms with Crippen LogP contribution in [0.3, 0.4) is 0 Å². The number of methoxy groups -OCH3 is 1. The summed E-state index contributed by atoms with van der Waals surface area (Å²) in [5.41, 5.74) is 7.00. The highest BCUT2D eigenvalue weighted by Gasteiger charge is 2.20. The van der Waals surface area contributed by atoms with Crippen LogP contribution in [-0.2, 0) is 4.79 Å². The van der Waals surface area contributed by atoms with Gasteiger partial charge in [0.15, 0.2) is 11.5 Å². The van der Waals surface area contributed by atoms with Crippen LogP contribution in [0.2, 0.25) is 0 Å². The highest BCUT2D eigenvalue weighted by molar-refractivity contribution is 5.76. The molecule has 2 N–H and O–H groups in total. The smallest absolute Gasteiger partial charge is 0.226 e. The molecule has 116 valence electrons. The number of benzene rings is 1. The van der Waals surface area contributed by atoms with Crippen molar-refractivity contribution in [2.45, 2.75) is 32.2 Å². The zero-order chi connectivity index (χ0) is 15.2. The third kappa shape index (κ3) is 4.36. The summed E-state index contributed by atoms with van der Waals surface area (Å²) in [4.78, 5) is 13.9. The van der Waals surface area contributed by atoms with Crippen LogP contribution in [-0.4, -0.2) is 43.7 Å². The third-order valence-electron chi connectivity index (χ3n) is 3.70. The second-order valence-electron chi connectivity index (χ2n) is 5.49. The first kappa shape index (κ1) is 15.6. The van der Waals surface area contributed by atoms with E-state index in [1.807, 2.05) is 30.0 Å². The lowest BCUT2D eigenvalue weighted by Gasteiger charge is -2.30. The summed E-state index contributed by atoms with van der Waals surface area (Å²) >= 11 is 0. The van der Waals surface area contributed by atoms with Crippen LogP contribution in [0.4, 0.5) is 0 Å². The Balaban J connectivity index is 1.82. The molecule has 21 heavy (non-hydrogen) atoms. The molecule has 1 aromatic rings. The van der Waals surface area contributed by atoms with Gasteiger partial charge in [0, 0.05) is 19.1 Å². The average molecular weight is 292 g/mol. The van der Waals surface area contributed by atoms with E-state index in [2.05, 4.69) is 0 Å². The largest absolute Gasteiger partial charge is 0.493 e. The molecule has 0 aliphatic carbocycles. The molecule has 1 amide bonds. The third-order valence-corrected chi connectivity index (χ3v) is 3.70. The van der Waals surface area contributed by atoms with E-state index in [1.165, 1.54) is 0 Å². The first-order valence-corrected chi connectivity index (χ1v) is 7.41. The monoisotopic (exact) mass is 292 g/mol. The Morgan fingerprint density at radius 3 is 2.95 bits per heavy atom. The number of piperidine rings is 1. The van der Waals surface area contributed by atoms with Gasteiger partial charge < -0.3 is 20.1 Å². The molecule has 0 spiro atoms. The maximum Gasteiger partial charge on any atom is 0.226 e. The van der Waals surface area contributed by atoms with E-state index in [1.54, 1.807) is 7.11 Å². The molecule has 2 rings (SSSR count). The standard InChI is InChI=1S/C16H24N2O3/c1-12-5-6-14(15(10-12)20-2)21-9-7-16(19)18-8-3-4-13(17)11-18/h5-6,10,13H,3-4,7-9,11,17H2,1-2H3. The van der Waals surface area contributed by atoms with Crippen molar-refractivity contribution in [3.05, 3.63) is 23.8 Å². The molecular formula is C16H24N2O3. The van der Waals surface area contributed by atoms with Crippen LogP contribution in [0.5, 0.6) is 11.5 Å². The predicted molar refractivity (Wildman–Crippen MR) is 81.6 cm³/mol. The van der Waals surface area contributed by atoms with Gasteiger partial charge >= 0.3 is 0 Å². The number of rotatable bonds is 5. The van der Waals surface area contributed by atoms with E-state index in [4.69, 9.17) is 15.2 Å². The molecule has 0 bridgehead atoms. The Kier molecular flexibility index (Phi) is 5.44. The van der Waals surface area contributed by atoms with Crippen LogP contribution in [0.25, 0.3) is 0 Å². The number of hydrogen-bond donors (Lipinski definition) is 1. The van der Waals surface area contributed by atoms with Gasteiger partial charge in [-0.2, -0.15) is 0 Å². The molecule has 5 heteroatoms. The molecule has 1 fully saturated rings. The SMILES string of the molecule is COc1cc(C)ccc1OCCC(=O)N1CCCC(N)C1. The minimum atomic E-state index is 0.108. The number of likely N-dealkylation sites (tertiary alicyclic amines) is 1. The van der Waals surface area contributed by atoms with Crippen molar-refractivity contribution < 1.29 is 14.3 Å². The van der Waals surface area contributed by atoms with Gasteiger partial charge in [0.1, 0.15) is 0 Å². The molecule has 1 unspecified atom stereocenters.